The average molecular weight is 478 g/mol. The van der Waals surface area contributed by atoms with Gasteiger partial charge >= 0.3 is 6.03 Å². The van der Waals surface area contributed by atoms with Gasteiger partial charge in [0.2, 0.25) is 5.91 Å². The summed E-state index contributed by atoms with van der Waals surface area (Å²) < 4.78 is 5.87. The van der Waals surface area contributed by atoms with Crippen molar-refractivity contribution in [2.24, 2.45) is 0 Å². The topological polar surface area (TPSA) is 70.7 Å². The molecule has 176 valence electrons. The highest BCUT2D eigenvalue weighted by atomic mass is 35.5. The van der Waals surface area contributed by atoms with Crippen molar-refractivity contribution in [1.82, 2.24) is 10.2 Å². The lowest BCUT2D eigenvalue weighted by molar-refractivity contribution is -0.125. The third kappa shape index (κ3) is 6.29. The molecule has 1 unspecified atom stereocenters. The first-order chi connectivity index (χ1) is 16.6. The molecule has 0 spiro atoms. The maximum Gasteiger partial charge on any atom is 0.322 e. The fourth-order valence-electron chi connectivity index (χ4n) is 3.92. The summed E-state index contributed by atoms with van der Waals surface area (Å²) in [6, 6.07) is 23.7. The Labute approximate surface area is 204 Å². The second-order valence-electron chi connectivity index (χ2n) is 8.26. The van der Waals surface area contributed by atoms with Crippen LogP contribution in [-0.4, -0.2) is 29.4 Å². The van der Waals surface area contributed by atoms with E-state index < -0.39 is 6.04 Å². The Kier molecular flexibility index (Phi) is 8.04. The zero-order valence-corrected chi connectivity index (χ0v) is 19.6. The van der Waals surface area contributed by atoms with E-state index in [9.17, 15) is 9.59 Å². The molecule has 0 aromatic heterocycles. The van der Waals surface area contributed by atoms with Crippen LogP contribution in [-0.2, 0) is 17.9 Å². The normalized spacial score (nSPS) is 15.7. The number of para-hydroxylation sites is 1. The number of benzene rings is 3. The molecule has 1 aliphatic heterocycles. The molecular weight excluding hydrogens is 450 g/mol. The molecule has 6 nitrogen and oxygen atoms in total. The molecule has 7 heteroatoms. The van der Waals surface area contributed by atoms with Gasteiger partial charge in [-0.1, -0.05) is 66.2 Å². The first-order valence-electron chi connectivity index (χ1n) is 11.5. The van der Waals surface area contributed by atoms with Gasteiger partial charge in [0.15, 0.2) is 0 Å². The molecule has 0 aliphatic carbocycles. The summed E-state index contributed by atoms with van der Waals surface area (Å²) in [7, 11) is 0. The largest absolute Gasteiger partial charge is 0.489 e. The van der Waals surface area contributed by atoms with Crippen molar-refractivity contribution >= 4 is 29.2 Å². The van der Waals surface area contributed by atoms with E-state index in [1.807, 2.05) is 54.6 Å². The smallest absolute Gasteiger partial charge is 0.322 e. The quantitative estimate of drug-likeness (QED) is 0.464. The molecule has 1 heterocycles. The van der Waals surface area contributed by atoms with E-state index >= 15 is 0 Å². The number of halogens is 1. The van der Waals surface area contributed by atoms with Gasteiger partial charge in [0.25, 0.3) is 0 Å². The zero-order chi connectivity index (χ0) is 23.8. The van der Waals surface area contributed by atoms with Gasteiger partial charge < -0.3 is 20.3 Å². The number of ether oxygens (including phenoxy) is 1. The van der Waals surface area contributed by atoms with Crippen LogP contribution < -0.4 is 15.4 Å². The highest BCUT2D eigenvalue weighted by Crippen LogP contribution is 2.24. The van der Waals surface area contributed by atoms with Gasteiger partial charge in [-0.05, 0) is 54.7 Å². The molecule has 3 amide bonds. The van der Waals surface area contributed by atoms with Gasteiger partial charge in [-0.25, -0.2) is 4.79 Å². The Bertz CT molecular complexity index is 1110. The molecule has 3 aromatic carbocycles. The number of carbonyl (C=O) groups is 2. The van der Waals surface area contributed by atoms with Crippen molar-refractivity contribution in [3.8, 4) is 5.75 Å². The van der Waals surface area contributed by atoms with Crippen LogP contribution in [0.15, 0.2) is 78.9 Å². The Morgan fingerprint density at radius 3 is 2.47 bits per heavy atom. The van der Waals surface area contributed by atoms with Crippen molar-refractivity contribution in [2.75, 3.05) is 11.9 Å². The number of rotatable bonds is 7. The van der Waals surface area contributed by atoms with Crippen LogP contribution in [0.2, 0.25) is 5.02 Å². The van der Waals surface area contributed by atoms with Crippen LogP contribution in [0.5, 0.6) is 5.75 Å². The second-order valence-corrected chi connectivity index (χ2v) is 8.67. The van der Waals surface area contributed by atoms with Crippen molar-refractivity contribution in [3.05, 3.63) is 95.0 Å². The Morgan fingerprint density at radius 1 is 0.971 bits per heavy atom. The molecular formula is C27H28ClN3O3. The molecule has 0 radical (unpaired) electrons. The van der Waals surface area contributed by atoms with E-state index in [1.165, 1.54) is 0 Å². The standard InChI is InChI=1S/C27H28ClN3O3/c28-23-10-4-5-11-24(23)30-27(33)31(25-12-6-7-17-29-26(25)32)18-20-13-15-22(16-14-20)34-19-21-8-2-1-3-9-21/h1-5,8-11,13-16,25H,6-7,12,17-19H2,(H,29,32)(H,30,33). The summed E-state index contributed by atoms with van der Waals surface area (Å²) in [6.45, 7) is 1.39. The summed E-state index contributed by atoms with van der Waals surface area (Å²) in [5.41, 5.74) is 2.50. The van der Waals surface area contributed by atoms with E-state index in [1.54, 1.807) is 29.2 Å². The van der Waals surface area contributed by atoms with Gasteiger partial charge in [0.1, 0.15) is 18.4 Å². The first kappa shape index (κ1) is 23.6. The van der Waals surface area contributed by atoms with Gasteiger partial charge in [-0.2, -0.15) is 0 Å². The van der Waals surface area contributed by atoms with Crippen LogP contribution in [0.3, 0.4) is 0 Å². The van der Waals surface area contributed by atoms with Crippen LogP contribution >= 0.6 is 11.6 Å². The fourth-order valence-corrected chi connectivity index (χ4v) is 4.11. The molecule has 0 bridgehead atoms. The van der Waals surface area contributed by atoms with Crippen LogP contribution in [0.4, 0.5) is 10.5 Å². The number of hydrogen-bond acceptors (Lipinski definition) is 3. The van der Waals surface area contributed by atoms with Crippen molar-refractivity contribution < 1.29 is 14.3 Å². The molecule has 2 N–H and O–H groups in total. The summed E-state index contributed by atoms with van der Waals surface area (Å²) in [6.07, 6.45) is 2.38. The number of hydrogen-bond donors (Lipinski definition) is 2. The minimum absolute atomic E-state index is 0.130. The highest BCUT2D eigenvalue weighted by molar-refractivity contribution is 6.33. The average Bonchev–Trinajstić information content (AvgIpc) is 3.08. The Balaban J connectivity index is 1.48. The number of carbonyl (C=O) groups excluding carboxylic acids is 2. The van der Waals surface area contributed by atoms with Crippen LogP contribution in [0, 0.1) is 0 Å². The number of urea groups is 1. The number of amides is 3. The summed E-state index contributed by atoms with van der Waals surface area (Å²) in [5, 5.41) is 6.24. The van der Waals surface area contributed by atoms with Crippen LogP contribution in [0.25, 0.3) is 0 Å². The predicted octanol–water partition coefficient (Wildman–Crippen LogP) is 5.62. The molecule has 3 aromatic rings. The van der Waals surface area contributed by atoms with Gasteiger partial charge in [0.05, 0.1) is 10.7 Å². The van der Waals surface area contributed by atoms with Gasteiger partial charge in [-0.15, -0.1) is 0 Å². The van der Waals surface area contributed by atoms with Gasteiger partial charge in [0, 0.05) is 13.1 Å². The second kappa shape index (κ2) is 11.6. The monoisotopic (exact) mass is 477 g/mol. The summed E-state index contributed by atoms with van der Waals surface area (Å²) in [4.78, 5) is 27.7. The van der Waals surface area contributed by atoms with Crippen molar-refractivity contribution in [1.29, 1.82) is 0 Å². The summed E-state index contributed by atoms with van der Waals surface area (Å²) in [5.74, 6) is 0.613. The maximum atomic E-state index is 13.3. The molecule has 1 atom stereocenters. The van der Waals surface area contributed by atoms with E-state index in [0.717, 1.165) is 29.7 Å². The lowest BCUT2D eigenvalue weighted by Crippen LogP contribution is -2.49. The number of anilines is 1. The lowest BCUT2D eigenvalue weighted by Gasteiger charge is -2.30. The first-order valence-corrected chi connectivity index (χ1v) is 11.8. The Morgan fingerprint density at radius 2 is 1.71 bits per heavy atom. The molecule has 4 rings (SSSR count). The van der Waals surface area contributed by atoms with E-state index in [-0.39, 0.29) is 18.5 Å². The number of nitrogens with zero attached hydrogens (tertiary/aromatic N) is 1. The third-order valence-electron chi connectivity index (χ3n) is 5.78. The van der Waals surface area contributed by atoms with E-state index in [4.69, 9.17) is 16.3 Å². The minimum atomic E-state index is -0.556. The molecule has 34 heavy (non-hydrogen) atoms. The van der Waals surface area contributed by atoms with E-state index in [0.29, 0.717) is 30.3 Å². The van der Waals surface area contributed by atoms with Gasteiger partial charge in [-0.3, -0.25) is 4.79 Å². The predicted molar refractivity (Wildman–Crippen MR) is 134 cm³/mol. The molecule has 1 aliphatic rings. The zero-order valence-electron chi connectivity index (χ0n) is 18.9. The minimum Gasteiger partial charge on any atom is -0.489 e. The fraction of sp³-hybridized carbons (Fsp3) is 0.259. The highest BCUT2D eigenvalue weighted by Gasteiger charge is 2.31. The lowest BCUT2D eigenvalue weighted by atomic mass is 10.1. The molecule has 0 saturated carbocycles. The van der Waals surface area contributed by atoms with E-state index in [2.05, 4.69) is 10.6 Å². The van der Waals surface area contributed by atoms with Crippen LogP contribution in [0.1, 0.15) is 30.4 Å². The van der Waals surface area contributed by atoms with Crippen molar-refractivity contribution in [2.45, 2.75) is 38.5 Å². The van der Waals surface area contributed by atoms with Crippen molar-refractivity contribution in [3.63, 3.8) is 0 Å². The SMILES string of the molecule is O=C1NCCCCC1N(Cc1ccc(OCc2ccccc2)cc1)C(=O)Nc1ccccc1Cl. The molecule has 1 saturated heterocycles. The third-order valence-corrected chi connectivity index (χ3v) is 6.11. The maximum absolute atomic E-state index is 13.3. The number of nitrogens with one attached hydrogen (secondary N) is 2. The summed E-state index contributed by atoms with van der Waals surface area (Å²) >= 11 is 6.24. The Hall–Kier alpha value is -3.51. The molecule has 1 fully saturated rings.